The fourth-order valence-corrected chi connectivity index (χ4v) is 1.86. The highest BCUT2D eigenvalue weighted by Crippen LogP contribution is 2.22. The average Bonchev–Trinajstić information content (AvgIpc) is 2.41. The number of pyridine rings is 1. The molecule has 0 unspecified atom stereocenters. The van der Waals surface area contributed by atoms with E-state index in [1.807, 2.05) is 26.8 Å². The van der Waals surface area contributed by atoms with Gasteiger partial charge in [-0.2, -0.15) is 4.39 Å². The first kappa shape index (κ1) is 15.0. The molecule has 2 aromatic rings. The molecule has 21 heavy (non-hydrogen) atoms. The molecule has 0 atom stereocenters. The molecule has 0 aliphatic rings. The number of hydrogen-bond acceptors (Lipinski definition) is 3. The topological polar surface area (TPSA) is 51.2 Å². The largest absolute Gasteiger partial charge is 0.491 e. The van der Waals surface area contributed by atoms with Crippen molar-refractivity contribution in [2.24, 2.45) is 0 Å². The lowest BCUT2D eigenvalue weighted by atomic mass is 10.1. The maximum absolute atomic E-state index is 13.0. The third kappa shape index (κ3) is 4.02. The van der Waals surface area contributed by atoms with Crippen molar-refractivity contribution in [1.82, 2.24) is 4.98 Å². The zero-order chi connectivity index (χ0) is 15.4. The van der Waals surface area contributed by atoms with Crippen LogP contribution in [0.5, 0.6) is 5.75 Å². The number of aromatic nitrogens is 1. The summed E-state index contributed by atoms with van der Waals surface area (Å²) in [7, 11) is 0. The van der Waals surface area contributed by atoms with Gasteiger partial charge in [-0.05, 0) is 50.6 Å². The van der Waals surface area contributed by atoms with Crippen molar-refractivity contribution in [1.29, 1.82) is 0 Å². The molecule has 0 aliphatic heterocycles. The molecule has 1 amide bonds. The van der Waals surface area contributed by atoms with Gasteiger partial charge < -0.3 is 10.1 Å². The Kier molecular flexibility index (Phi) is 4.52. The van der Waals surface area contributed by atoms with E-state index in [0.717, 1.165) is 17.4 Å². The van der Waals surface area contributed by atoms with Crippen molar-refractivity contribution >= 4 is 11.6 Å². The molecule has 0 aliphatic carbocycles. The second-order valence-electron chi connectivity index (χ2n) is 4.96. The SMILES string of the molecule is Cc1cc(OC(C)C)ccc1NC(=O)c1ccnc(F)c1. The minimum atomic E-state index is -0.681. The summed E-state index contributed by atoms with van der Waals surface area (Å²) < 4.78 is 18.6. The molecular formula is C16H17FN2O2. The number of carbonyl (C=O) groups is 1. The van der Waals surface area contributed by atoms with E-state index in [-0.39, 0.29) is 17.6 Å². The molecule has 1 aromatic heterocycles. The van der Waals surface area contributed by atoms with Gasteiger partial charge in [0.2, 0.25) is 5.95 Å². The first-order valence-electron chi connectivity index (χ1n) is 6.66. The zero-order valence-corrected chi connectivity index (χ0v) is 12.2. The van der Waals surface area contributed by atoms with Crippen LogP contribution in [-0.4, -0.2) is 17.0 Å². The predicted octanol–water partition coefficient (Wildman–Crippen LogP) is 3.57. The molecule has 0 spiro atoms. The Morgan fingerprint density at radius 1 is 1.29 bits per heavy atom. The van der Waals surface area contributed by atoms with Crippen molar-refractivity contribution < 1.29 is 13.9 Å². The van der Waals surface area contributed by atoms with E-state index < -0.39 is 5.95 Å². The maximum Gasteiger partial charge on any atom is 0.255 e. The summed E-state index contributed by atoms with van der Waals surface area (Å²) in [6, 6.07) is 7.96. The number of hydrogen-bond donors (Lipinski definition) is 1. The number of aryl methyl sites for hydroxylation is 1. The molecule has 0 saturated carbocycles. The molecule has 0 saturated heterocycles. The van der Waals surface area contributed by atoms with E-state index in [4.69, 9.17) is 4.74 Å². The van der Waals surface area contributed by atoms with Crippen LogP contribution in [0.15, 0.2) is 36.5 Å². The van der Waals surface area contributed by atoms with Gasteiger partial charge in [-0.3, -0.25) is 4.79 Å². The Morgan fingerprint density at radius 3 is 2.67 bits per heavy atom. The molecule has 2 rings (SSSR count). The summed E-state index contributed by atoms with van der Waals surface area (Å²) in [4.78, 5) is 15.5. The minimum Gasteiger partial charge on any atom is -0.491 e. The van der Waals surface area contributed by atoms with E-state index in [1.54, 1.807) is 12.1 Å². The van der Waals surface area contributed by atoms with Crippen LogP contribution in [0, 0.1) is 12.9 Å². The van der Waals surface area contributed by atoms with Crippen LogP contribution < -0.4 is 10.1 Å². The van der Waals surface area contributed by atoms with Crippen LogP contribution in [-0.2, 0) is 0 Å². The second-order valence-corrected chi connectivity index (χ2v) is 4.96. The number of halogens is 1. The lowest BCUT2D eigenvalue weighted by Crippen LogP contribution is -2.13. The third-order valence-electron chi connectivity index (χ3n) is 2.81. The Hall–Kier alpha value is -2.43. The fraction of sp³-hybridized carbons (Fsp3) is 0.250. The molecule has 1 heterocycles. The molecule has 0 fully saturated rings. The molecule has 110 valence electrons. The first-order chi connectivity index (χ1) is 9.95. The van der Waals surface area contributed by atoms with E-state index in [9.17, 15) is 9.18 Å². The van der Waals surface area contributed by atoms with E-state index in [1.165, 1.54) is 12.3 Å². The first-order valence-corrected chi connectivity index (χ1v) is 6.66. The summed E-state index contributed by atoms with van der Waals surface area (Å²) in [6.45, 7) is 5.77. The minimum absolute atomic E-state index is 0.0876. The van der Waals surface area contributed by atoms with Crippen LogP contribution in [0.4, 0.5) is 10.1 Å². The Labute approximate surface area is 123 Å². The molecule has 4 nitrogen and oxygen atoms in total. The molecule has 1 aromatic carbocycles. The van der Waals surface area contributed by atoms with Crippen molar-refractivity contribution in [3.05, 3.63) is 53.6 Å². The van der Waals surface area contributed by atoms with Crippen LogP contribution >= 0.6 is 0 Å². The second kappa shape index (κ2) is 6.35. The monoisotopic (exact) mass is 288 g/mol. The number of nitrogens with zero attached hydrogens (tertiary/aromatic N) is 1. The lowest BCUT2D eigenvalue weighted by molar-refractivity contribution is 0.102. The number of benzene rings is 1. The number of carbonyl (C=O) groups excluding carboxylic acids is 1. The number of ether oxygens (including phenoxy) is 1. The molecule has 0 radical (unpaired) electrons. The molecule has 1 N–H and O–H groups in total. The normalized spacial score (nSPS) is 10.5. The highest BCUT2D eigenvalue weighted by atomic mass is 19.1. The highest BCUT2D eigenvalue weighted by Gasteiger charge is 2.10. The number of rotatable bonds is 4. The summed E-state index contributed by atoms with van der Waals surface area (Å²) in [6.07, 6.45) is 1.35. The summed E-state index contributed by atoms with van der Waals surface area (Å²) in [5, 5.41) is 2.75. The van der Waals surface area contributed by atoms with Gasteiger partial charge in [-0.15, -0.1) is 0 Å². The highest BCUT2D eigenvalue weighted by molar-refractivity contribution is 6.04. The Balaban J connectivity index is 2.14. The Bertz CT molecular complexity index is 656. The van der Waals surface area contributed by atoms with Crippen molar-refractivity contribution in [2.75, 3.05) is 5.32 Å². The van der Waals surface area contributed by atoms with Crippen LogP contribution in [0.1, 0.15) is 29.8 Å². The number of amides is 1. The van der Waals surface area contributed by atoms with Gasteiger partial charge in [0, 0.05) is 23.5 Å². The van der Waals surface area contributed by atoms with Gasteiger partial charge in [-0.1, -0.05) is 0 Å². The van der Waals surface area contributed by atoms with Gasteiger partial charge >= 0.3 is 0 Å². The maximum atomic E-state index is 13.0. The van der Waals surface area contributed by atoms with Crippen molar-refractivity contribution in [3.8, 4) is 5.75 Å². The summed E-state index contributed by atoms with van der Waals surface area (Å²) in [5.74, 6) is -0.313. The molecule has 0 bridgehead atoms. The van der Waals surface area contributed by atoms with Gasteiger partial charge in [0.1, 0.15) is 5.75 Å². The van der Waals surface area contributed by atoms with Gasteiger partial charge in [0.15, 0.2) is 0 Å². The quantitative estimate of drug-likeness (QED) is 0.875. The standard InChI is InChI=1S/C16H17FN2O2/c1-10(2)21-13-4-5-14(11(3)8-13)19-16(20)12-6-7-18-15(17)9-12/h4-10H,1-3H3,(H,19,20). The van der Waals surface area contributed by atoms with Crippen LogP contribution in [0.3, 0.4) is 0 Å². The third-order valence-corrected chi connectivity index (χ3v) is 2.81. The fourth-order valence-electron chi connectivity index (χ4n) is 1.86. The molecule has 5 heteroatoms. The van der Waals surface area contributed by atoms with Gasteiger partial charge in [0.05, 0.1) is 6.10 Å². The average molecular weight is 288 g/mol. The Morgan fingerprint density at radius 2 is 2.05 bits per heavy atom. The van der Waals surface area contributed by atoms with Crippen molar-refractivity contribution in [3.63, 3.8) is 0 Å². The van der Waals surface area contributed by atoms with Crippen molar-refractivity contribution in [2.45, 2.75) is 26.9 Å². The zero-order valence-electron chi connectivity index (χ0n) is 12.2. The lowest BCUT2D eigenvalue weighted by Gasteiger charge is -2.13. The summed E-state index contributed by atoms with van der Waals surface area (Å²) >= 11 is 0. The van der Waals surface area contributed by atoms with E-state index >= 15 is 0 Å². The number of anilines is 1. The van der Waals surface area contributed by atoms with Gasteiger partial charge in [-0.25, -0.2) is 4.98 Å². The van der Waals surface area contributed by atoms with Crippen LogP contribution in [0.2, 0.25) is 0 Å². The van der Waals surface area contributed by atoms with E-state index in [0.29, 0.717) is 5.69 Å². The summed E-state index contributed by atoms with van der Waals surface area (Å²) in [5.41, 5.74) is 1.76. The predicted molar refractivity (Wildman–Crippen MR) is 79.1 cm³/mol. The number of nitrogens with one attached hydrogen (secondary N) is 1. The molecular weight excluding hydrogens is 271 g/mol. The van der Waals surface area contributed by atoms with E-state index in [2.05, 4.69) is 10.3 Å². The van der Waals surface area contributed by atoms with Crippen LogP contribution in [0.25, 0.3) is 0 Å². The smallest absolute Gasteiger partial charge is 0.255 e. The van der Waals surface area contributed by atoms with Gasteiger partial charge in [0.25, 0.3) is 5.91 Å².